The number of carbonyl (C=O) groups is 1. The summed E-state index contributed by atoms with van der Waals surface area (Å²) in [6, 6.07) is 15.4. The molecule has 2 N–H and O–H groups in total. The lowest BCUT2D eigenvalue weighted by atomic mass is 10.0. The van der Waals surface area contributed by atoms with E-state index in [1.165, 1.54) is 0 Å². The van der Waals surface area contributed by atoms with Crippen LogP contribution >= 0.6 is 11.6 Å². The number of amides is 1. The molecular weight excluding hydrogens is 312 g/mol. The molecular formula is C18H19ClN2O2. The fourth-order valence-corrected chi connectivity index (χ4v) is 2.88. The minimum atomic E-state index is -0.238. The molecule has 0 radical (unpaired) electrons. The second kappa shape index (κ2) is 7.02. The van der Waals surface area contributed by atoms with Crippen LogP contribution in [0, 0.1) is 0 Å². The third-order valence-electron chi connectivity index (χ3n) is 4.06. The largest absolute Gasteiger partial charge is 0.489 e. The van der Waals surface area contributed by atoms with Crippen molar-refractivity contribution >= 4 is 17.5 Å². The molecule has 0 unspecified atom stereocenters. The lowest BCUT2D eigenvalue weighted by Gasteiger charge is -2.38. The average molecular weight is 331 g/mol. The van der Waals surface area contributed by atoms with Gasteiger partial charge in [0.05, 0.1) is 6.04 Å². The molecule has 0 saturated carbocycles. The molecule has 2 aromatic carbocycles. The van der Waals surface area contributed by atoms with Crippen molar-refractivity contribution in [3.05, 3.63) is 64.7 Å². The molecule has 1 amide bonds. The van der Waals surface area contributed by atoms with Crippen molar-refractivity contribution in [2.24, 2.45) is 5.73 Å². The Bertz CT molecular complexity index is 688. The van der Waals surface area contributed by atoms with Gasteiger partial charge in [-0.05, 0) is 41.8 Å². The number of hydrogen-bond donors (Lipinski definition) is 1. The first kappa shape index (κ1) is 15.8. The summed E-state index contributed by atoms with van der Waals surface area (Å²) in [7, 11) is 0. The van der Waals surface area contributed by atoms with Crippen LogP contribution in [0.25, 0.3) is 0 Å². The Kier molecular flexibility index (Phi) is 4.84. The number of nitrogens with two attached hydrogens (primary N) is 1. The third-order valence-corrected chi connectivity index (χ3v) is 4.30. The molecule has 1 fully saturated rings. The topological polar surface area (TPSA) is 55.6 Å². The number of primary amides is 1. The Hall–Kier alpha value is -2.04. The lowest BCUT2D eigenvalue weighted by Crippen LogP contribution is -2.54. The van der Waals surface area contributed by atoms with Gasteiger partial charge < -0.3 is 10.5 Å². The van der Waals surface area contributed by atoms with Crippen LogP contribution in [0.1, 0.15) is 17.5 Å². The van der Waals surface area contributed by atoms with E-state index in [0.29, 0.717) is 11.6 Å². The summed E-state index contributed by atoms with van der Waals surface area (Å²) in [5.74, 6) is 0.571. The van der Waals surface area contributed by atoms with Gasteiger partial charge in [-0.15, -0.1) is 0 Å². The third kappa shape index (κ3) is 4.03. The highest BCUT2D eigenvalue weighted by Gasteiger charge is 2.32. The number of hydrogen-bond acceptors (Lipinski definition) is 3. The van der Waals surface area contributed by atoms with Gasteiger partial charge in [-0.1, -0.05) is 35.9 Å². The van der Waals surface area contributed by atoms with Crippen LogP contribution in [-0.2, 0) is 17.9 Å². The number of ether oxygens (including phenoxy) is 1. The van der Waals surface area contributed by atoms with Crippen LogP contribution in [0.4, 0.5) is 0 Å². The van der Waals surface area contributed by atoms with E-state index in [1.54, 1.807) is 0 Å². The molecule has 5 heteroatoms. The van der Waals surface area contributed by atoms with Crippen LogP contribution in [0.2, 0.25) is 5.02 Å². The number of carbonyl (C=O) groups excluding carboxylic acids is 1. The van der Waals surface area contributed by atoms with Crippen molar-refractivity contribution in [1.29, 1.82) is 0 Å². The molecule has 1 aliphatic rings. The van der Waals surface area contributed by atoms with Gasteiger partial charge in [0.15, 0.2) is 0 Å². The van der Waals surface area contributed by atoms with Crippen molar-refractivity contribution in [2.75, 3.05) is 6.54 Å². The monoisotopic (exact) mass is 330 g/mol. The number of halogens is 1. The summed E-state index contributed by atoms with van der Waals surface area (Å²) in [5.41, 5.74) is 7.54. The summed E-state index contributed by atoms with van der Waals surface area (Å²) in [6.07, 6.45) is 0.857. The normalized spacial score (nSPS) is 17.5. The van der Waals surface area contributed by atoms with Gasteiger partial charge in [-0.25, -0.2) is 0 Å². The van der Waals surface area contributed by atoms with Gasteiger partial charge in [0.1, 0.15) is 12.4 Å². The molecule has 0 spiro atoms. The zero-order valence-electron chi connectivity index (χ0n) is 12.7. The minimum Gasteiger partial charge on any atom is -0.489 e. The zero-order chi connectivity index (χ0) is 16.2. The van der Waals surface area contributed by atoms with E-state index in [2.05, 4.69) is 4.90 Å². The van der Waals surface area contributed by atoms with Crippen molar-refractivity contribution in [3.8, 4) is 5.75 Å². The molecule has 1 heterocycles. The summed E-state index contributed by atoms with van der Waals surface area (Å²) in [5, 5.41) is 0.708. The van der Waals surface area contributed by atoms with Crippen molar-refractivity contribution in [3.63, 3.8) is 0 Å². The maximum absolute atomic E-state index is 11.2. The van der Waals surface area contributed by atoms with E-state index >= 15 is 0 Å². The van der Waals surface area contributed by atoms with E-state index in [1.807, 2.05) is 48.5 Å². The van der Waals surface area contributed by atoms with Crippen LogP contribution in [0.3, 0.4) is 0 Å². The summed E-state index contributed by atoms with van der Waals surface area (Å²) in [4.78, 5) is 13.3. The predicted molar refractivity (Wildman–Crippen MR) is 90.2 cm³/mol. The smallest absolute Gasteiger partial charge is 0.234 e. The first-order valence-corrected chi connectivity index (χ1v) is 7.99. The highest BCUT2D eigenvalue weighted by molar-refractivity contribution is 6.30. The summed E-state index contributed by atoms with van der Waals surface area (Å²) >= 11 is 5.96. The Morgan fingerprint density at radius 2 is 2.00 bits per heavy atom. The molecule has 1 saturated heterocycles. The molecule has 1 atom stereocenters. The van der Waals surface area contributed by atoms with Crippen molar-refractivity contribution in [2.45, 2.75) is 25.6 Å². The summed E-state index contributed by atoms with van der Waals surface area (Å²) in [6.45, 7) is 2.14. The van der Waals surface area contributed by atoms with Gasteiger partial charge in [-0.2, -0.15) is 0 Å². The molecule has 0 aliphatic carbocycles. The van der Waals surface area contributed by atoms with Crippen molar-refractivity contribution in [1.82, 2.24) is 4.90 Å². The molecule has 2 aromatic rings. The maximum atomic E-state index is 11.2. The fourth-order valence-electron chi connectivity index (χ4n) is 2.67. The fraction of sp³-hybridized carbons (Fsp3) is 0.278. The minimum absolute atomic E-state index is 0.117. The molecule has 3 rings (SSSR count). The van der Waals surface area contributed by atoms with Crippen LogP contribution in [0.5, 0.6) is 5.75 Å². The number of likely N-dealkylation sites (tertiary alicyclic amines) is 1. The number of nitrogens with zero attached hydrogens (tertiary/aromatic N) is 1. The molecule has 1 aliphatic heterocycles. The summed E-state index contributed by atoms with van der Waals surface area (Å²) < 4.78 is 5.76. The highest BCUT2D eigenvalue weighted by Crippen LogP contribution is 2.22. The highest BCUT2D eigenvalue weighted by atomic mass is 35.5. The Labute approximate surface area is 140 Å². The quantitative estimate of drug-likeness (QED) is 0.886. The molecule has 0 bridgehead atoms. The molecule has 120 valence electrons. The van der Waals surface area contributed by atoms with E-state index in [9.17, 15) is 4.79 Å². The molecule has 0 aromatic heterocycles. The van der Waals surface area contributed by atoms with E-state index in [-0.39, 0.29) is 11.9 Å². The van der Waals surface area contributed by atoms with Crippen LogP contribution in [-0.4, -0.2) is 23.4 Å². The van der Waals surface area contributed by atoms with E-state index in [0.717, 1.165) is 36.4 Å². The molecule has 23 heavy (non-hydrogen) atoms. The predicted octanol–water partition coefficient (Wildman–Crippen LogP) is 2.98. The van der Waals surface area contributed by atoms with Crippen LogP contribution in [0.15, 0.2) is 48.5 Å². The SMILES string of the molecule is NC(=O)[C@@H]1CCN1Cc1ccc(OCc2cccc(Cl)c2)cc1. The van der Waals surface area contributed by atoms with E-state index < -0.39 is 0 Å². The van der Waals surface area contributed by atoms with Crippen LogP contribution < -0.4 is 10.5 Å². The second-order valence-electron chi connectivity index (χ2n) is 5.74. The van der Waals surface area contributed by atoms with Gasteiger partial charge in [0.25, 0.3) is 0 Å². The second-order valence-corrected chi connectivity index (χ2v) is 6.18. The number of benzene rings is 2. The number of rotatable bonds is 6. The van der Waals surface area contributed by atoms with Gasteiger partial charge in [-0.3, -0.25) is 9.69 Å². The Morgan fingerprint density at radius 1 is 1.22 bits per heavy atom. The zero-order valence-corrected chi connectivity index (χ0v) is 13.5. The lowest BCUT2D eigenvalue weighted by molar-refractivity contribution is -0.127. The first-order chi connectivity index (χ1) is 11.1. The average Bonchev–Trinajstić information content (AvgIpc) is 2.50. The first-order valence-electron chi connectivity index (χ1n) is 7.61. The van der Waals surface area contributed by atoms with Gasteiger partial charge >= 0.3 is 0 Å². The molecule has 4 nitrogen and oxygen atoms in total. The van der Waals surface area contributed by atoms with Gasteiger partial charge in [0, 0.05) is 18.1 Å². The van der Waals surface area contributed by atoms with E-state index in [4.69, 9.17) is 22.1 Å². The Morgan fingerprint density at radius 3 is 2.61 bits per heavy atom. The standard InChI is InChI=1S/C18H19ClN2O2/c19-15-3-1-2-14(10-15)12-23-16-6-4-13(5-7-16)11-21-9-8-17(21)18(20)22/h1-7,10,17H,8-9,11-12H2,(H2,20,22)/t17-/m0/s1. The Balaban J connectivity index is 1.54. The maximum Gasteiger partial charge on any atom is 0.234 e. The van der Waals surface area contributed by atoms with Gasteiger partial charge in [0.2, 0.25) is 5.91 Å². The van der Waals surface area contributed by atoms with Crippen molar-refractivity contribution < 1.29 is 9.53 Å².